The van der Waals surface area contributed by atoms with E-state index in [1.165, 1.54) is 4.90 Å². The molecule has 19 heavy (non-hydrogen) atoms. The smallest absolute Gasteiger partial charge is 0.255 e. The molecule has 0 atom stereocenters. The van der Waals surface area contributed by atoms with Gasteiger partial charge in [0.25, 0.3) is 5.91 Å². The summed E-state index contributed by atoms with van der Waals surface area (Å²) in [5.74, 6) is -0.175. The molecular weight excluding hydrogens is 266 g/mol. The fraction of sp³-hybridized carbons (Fsp3) is 0.500. The van der Waals surface area contributed by atoms with E-state index in [9.17, 15) is 9.90 Å². The summed E-state index contributed by atoms with van der Waals surface area (Å²) in [7, 11) is 1.68. The van der Waals surface area contributed by atoms with Crippen LogP contribution < -0.4 is 0 Å². The molecule has 1 aliphatic rings. The molecule has 1 aliphatic heterocycles. The lowest BCUT2D eigenvalue weighted by Crippen LogP contribution is -2.47. The highest BCUT2D eigenvalue weighted by Crippen LogP contribution is 2.23. The Bertz CT molecular complexity index is 458. The molecule has 0 spiro atoms. The van der Waals surface area contributed by atoms with E-state index in [4.69, 9.17) is 16.3 Å². The Balaban J connectivity index is 2.05. The Morgan fingerprint density at radius 3 is 2.68 bits per heavy atom. The summed E-state index contributed by atoms with van der Waals surface area (Å²) in [6.07, 6.45) is 1.10. The maximum Gasteiger partial charge on any atom is 0.255 e. The summed E-state index contributed by atoms with van der Waals surface area (Å²) < 4.78 is 5.23. The molecular formula is C14H18ClNO3. The van der Waals surface area contributed by atoms with Crippen LogP contribution in [-0.2, 0) is 4.74 Å². The maximum absolute atomic E-state index is 12.3. The van der Waals surface area contributed by atoms with Crippen LogP contribution in [0, 0.1) is 0 Å². The molecule has 104 valence electrons. The number of hydrogen-bond acceptors (Lipinski definition) is 3. The number of ether oxygens (including phenoxy) is 1. The highest BCUT2D eigenvalue weighted by atomic mass is 35.5. The molecule has 0 aromatic heterocycles. The minimum Gasteiger partial charge on any atom is -0.388 e. The summed E-state index contributed by atoms with van der Waals surface area (Å²) in [4.78, 5) is 13.8. The standard InChI is InChI=1S/C14H18ClNO3/c1-16(10-14(18)6-8-19-9-7-14)13(17)11-4-2-3-5-12(11)15/h2-5,18H,6-10H2,1H3. The quantitative estimate of drug-likeness (QED) is 0.922. The molecule has 1 aromatic rings. The van der Waals surface area contributed by atoms with Gasteiger partial charge in [-0.15, -0.1) is 0 Å². The van der Waals surface area contributed by atoms with Gasteiger partial charge in [-0.1, -0.05) is 23.7 Å². The second-order valence-electron chi connectivity index (χ2n) is 4.98. The fourth-order valence-electron chi connectivity index (χ4n) is 2.26. The largest absolute Gasteiger partial charge is 0.388 e. The molecule has 1 N–H and O–H groups in total. The number of carbonyl (C=O) groups is 1. The normalized spacial score (nSPS) is 18.1. The lowest BCUT2D eigenvalue weighted by molar-refractivity contribution is -0.0734. The molecule has 1 amide bonds. The number of hydrogen-bond donors (Lipinski definition) is 1. The van der Waals surface area contributed by atoms with E-state index >= 15 is 0 Å². The summed E-state index contributed by atoms with van der Waals surface area (Å²) in [5, 5.41) is 10.8. The van der Waals surface area contributed by atoms with Crippen molar-refractivity contribution < 1.29 is 14.6 Å². The van der Waals surface area contributed by atoms with Crippen molar-refractivity contribution in [2.45, 2.75) is 18.4 Å². The molecule has 0 bridgehead atoms. The van der Waals surface area contributed by atoms with Gasteiger partial charge in [-0.3, -0.25) is 4.79 Å². The van der Waals surface area contributed by atoms with E-state index in [0.29, 0.717) is 43.2 Å². The van der Waals surface area contributed by atoms with Crippen LogP contribution in [0.15, 0.2) is 24.3 Å². The SMILES string of the molecule is CN(CC1(O)CCOCC1)C(=O)c1ccccc1Cl. The second-order valence-corrected chi connectivity index (χ2v) is 5.38. The number of rotatable bonds is 3. The third-order valence-electron chi connectivity index (χ3n) is 3.41. The van der Waals surface area contributed by atoms with E-state index in [0.717, 1.165) is 0 Å². The molecule has 1 fully saturated rings. The van der Waals surface area contributed by atoms with E-state index in [1.54, 1.807) is 31.3 Å². The van der Waals surface area contributed by atoms with Crippen LogP contribution in [0.2, 0.25) is 5.02 Å². The monoisotopic (exact) mass is 283 g/mol. The number of halogens is 1. The van der Waals surface area contributed by atoms with Crippen LogP contribution in [0.5, 0.6) is 0 Å². The topological polar surface area (TPSA) is 49.8 Å². The Morgan fingerprint density at radius 2 is 2.05 bits per heavy atom. The Hall–Kier alpha value is -1.10. The third kappa shape index (κ3) is 3.47. The Kier molecular flexibility index (Phi) is 4.45. The molecule has 2 rings (SSSR count). The zero-order chi connectivity index (χ0) is 13.9. The van der Waals surface area contributed by atoms with Crippen molar-refractivity contribution in [2.75, 3.05) is 26.8 Å². The molecule has 0 unspecified atom stereocenters. The number of carbonyl (C=O) groups excluding carboxylic acids is 1. The van der Waals surface area contributed by atoms with Crippen LogP contribution in [0.25, 0.3) is 0 Å². The molecule has 0 radical (unpaired) electrons. The van der Waals surface area contributed by atoms with Crippen LogP contribution in [0.4, 0.5) is 0 Å². The average Bonchev–Trinajstić information content (AvgIpc) is 2.39. The van der Waals surface area contributed by atoms with Crippen molar-refractivity contribution in [3.05, 3.63) is 34.9 Å². The van der Waals surface area contributed by atoms with Gasteiger partial charge < -0.3 is 14.7 Å². The lowest BCUT2D eigenvalue weighted by atomic mass is 9.93. The average molecular weight is 284 g/mol. The van der Waals surface area contributed by atoms with Crippen molar-refractivity contribution in [3.63, 3.8) is 0 Å². The minimum atomic E-state index is -0.857. The molecule has 1 aromatic carbocycles. The van der Waals surface area contributed by atoms with Crippen molar-refractivity contribution in [1.29, 1.82) is 0 Å². The zero-order valence-electron chi connectivity index (χ0n) is 10.9. The molecule has 1 saturated heterocycles. The third-order valence-corrected chi connectivity index (χ3v) is 3.74. The molecule has 5 heteroatoms. The minimum absolute atomic E-state index is 0.175. The summed E-state index contributed by atoms with van der Waals surface area (Å²) in [6.45, 7) is 1.36. The van der Waals surface area contributed by atoms with Gasteiger partial charge in [0.15, 0.2) is 0 Å². The summed E-state index contributed by atoms with van der Waals surface area (Å²) in [5.41, 5.74) is -0.397. The van der Waals surface area contributed by atoms with Gasteiger partial charge in [0.2, 0.25) is 0 Å². The van der Waals surface area contributed by atoms with E-state index in [-0.39, 0.29) is 5.91 Å². The van der Waals surface area contributed by atoms with Crippen LogP contribution >= 0.6 is 11.6 Å². The van der Waals surface area contributed by atoms with Crippen molar-refractivity contribution >= 4 is 17.5 Å². The Morgan fingerprint density at radius 1 is 1.42 bits per heavy atom. The van der Waals surface area contributed by atoms with E-state index in [1.807, 2.05) is 0 Å². The summed E-state index contributed by atoms with van der Waals surface area (Å²) >= 11 is 6.01. The fourth-order valence-corrected chi connectivity index (χ4v) is 2.48. The first-order valence-corrected chi connectivity index (χ1v) is 6.70. The van der Waals surface area contributed by atoms with Gasteiger partial charge in [0.1, 0.15) is 0 Å². The van der Waals surface area contributed by atoms with Gasteiger partial charge in [-0.25, -0.2) is 0 Å². The predicted octanol–water partition coefficient (Wildman–Crippen LogP) is 1.95. The maximum atomic E-state index is 12.3. The number of aliphatic hydroxyl groups is 1. The number of likely N-dealkylation sites (N-methyl/N-ethyl adjacent to an activating group) is 1. The van der Waals surface area contributed by atoms with Gasteiger partial charge in [-0.2, -0.15) is 0 Å². The van der Waals surface area contributed by atoms with Gasteiger partial charge in [0.05, 0.1) is 16.2 Å². The van der Waals surface area contributed by atoms with E-state index in [2.05, 4.69) is 0 Å². The molecule has 1 heterocycles. The predicted molar refractivity (Wildman–Crippen MR) is 73.4 cm³/mol. The first-order chi connectivity index (χ1) is 9.02. The summed E-state index contributed by atoms with van der Waals surface area (Å²) in [6, 6.07) is 6.93. The first kappa shape index (κ1) is 14.3. The molecule has 4 nitrogen and oxygen atoms in total. The van der Waals surface area contributed by atoms with Gasteiger partial charge in [-0.05, 0) is 12.1 Å². The zero-order valence-corrected chi connectivity index (χ0v) is 11.7. The Labute approximate surface area is 117 Å². The number of nitrogens with zero attached hydrogens (tertiary/aromatic N) is 1. The van der Waals surface area contributed by atoms with Crippen LogP contribution in [0.1, 0.15) is 23.2 Å². The van der Waals surface area contributed by atoms with Gasteiger partial charge in [0, 0.05) is 39.6 Å². The first-order valence-electron chi connectivity index (χ1n) is 6.32. The van der Waals surface area contributed by atoms with Gasteiger partial charge >= 0.3 is 0 Å². The number of amides is 1. The van der Waals surface area contributed by atoms with E-state index < -0.39 is 5.60 Å². The second kappa shape index (κ2) is 5.90. The number of benzene rings is 1. The van der Waals surface area contributed by atoms with Crippen molar-refractivity contribution in [3.8, 4) is 0 Å². The lowest BCUT2D eigenvalue weighted by Gasteiger charge is -2.35. The highest BCUT2D eigenvalue weighted by molar-refractivity contribution is 6.33. The van der Waals surface area contributed by atoms with Crippen molar-refractivity contribution in [2.24, 2.45) is 0 Å². The molecule has 0 saturated carbocycles. The van der Waals surface area contributed by atoms with Crippen LogP contribution in [-0.4, -0.2) is 48.3 Å². The highest BCUT2D eigenvalue weighted by Gasteiger charge is 2.32. The van der Waals surface area contributed by atoms with Crippen molar-refractivity contribution in [1.82, 2.24) is 4.90 Å². The van der Waals surface area contributed by atoms with Crippen LogP contribution in [0.3, 0.4) is 0 Å². The molecule has 0 aliphatic carbocycles.